The summed E-state index contributed by atoms with van der Waals surface area (Å²) in [5.74, 6) is 0.315. The fourth-order valence-electron chi connectivity index (χ4n) is 2.24. The summed E-state index contributed by atoms with van der Waals surface area (Å²) in [5.41, 5.74) is 0.118. The van der Waals surface area contributed by atoms with Crippen LogP contribution in [0.4, 0.5) is 18.0 Å². The molecule has 10 heteroatoms. The van der Waals surface area contributed by atoms with Crippen molar-refractivity contribution >= 4 is 23.3 Å². The Morgan fingerprint density at radius 3 is 2.46 bits per heavy atom. The van der Waals surface area contributed by atoms with E-state index < -0.39 is 17.8 Å². The van der Waals surface area contributed by atoms with Gasteiger partial charge in [0.15, 0.2) is 11.5 Å². The number of halogens is 4. The molecule has 0 fully saturated rings. The van der Waals surface area contributed by atoms with Crippen molar-refractivity contribution in [1.29, 1.82) is 0 Å². The van der Waals surface area contributed by atoms with E-state index in [0.29, 0.717) is 17.4 Å². The topological polar surface area (TPSA) is 71.3 Å². The third-order valence-corrected chi connectivity index (χ3v) is 3.83. The number of nitrogens with one attached hydrogen (secondary N) is 2. The maximum Gasteiger partial charge on any atom is 0.416 e. The number of hydrogen-bond acceptors (Lipinski definition) is 3. The maximum absolute atomic E-state index is 12.7. The highest BCUT2D eigenvalue weighted by Gasteiger charge is 2.31. The third kappa shape index (κ3) is 4.23. The Bertz CT molecular complexity index is 924. The molecular weight excluding hydrogens is 371 g/mol. The van der Waals surface area contributed by atoms with Crippen LogP contribution in [0.25, 0.3) is 5.65 Å². The number of hydrogen-bond donors (Lipinski definition) is 2. The number of pyridine rings is 1. The van der Waals surface area contributed by atoms with Gasteiger partial charge in [-0.25, -0.2) is 4.79 Å². The van der Waals surface area contributed by atoms with Gasteiger partial charge < -0.3 is 10.6 Å². The number of carbonyl (C=O) groups is 1. The molecule has 3 rings (SSSR count). The minimum atomic E-state index is -4.45. The Morgan fingerprint density at radius 2 is 1.77 bits per heavy atom. The lowest BCUT2D eigenvalue weighted by Crippen LogP contribution is -2.35. The summed E-state index contributed by atoms with van der Waals surface area (Å²) in [6, 6.07) is 8.39. The van der Waals surface area contributed by atoms with E-state index in [-0.39, 0.29) is 12.2 Å². The summed E-state index contributed by atoms with van der Waals surface area (Å²) in [7, 11) is 0. The summed E-state index contributed by atoms with van der Waals surface area (Å²) in [4.78, 5) is 11.8. The first-order chi connectivity index (χ1) is 12.3. The number of urea groups is 1. The van der Waals surface area contributed by atoms with E-state index in [4.69, 9.17) is 11.6 Å². The van der Waals surface area contributed by atoms with Crippen molar-refractivity contribution in [3.8, 4) is 0 Å². The number of amides is 2. The zero-order valence-corrected chi connectivity index (χ0v) is 14.0. The number of carbonyl (C=O) groups excluding carboxylic acids is 1. The highest BCUT2D eigenvalue weighted by Crippen LogP contribution is 2.29. The molecule has 136 valence electrons. The van der Waals surface area contributed by atoms with Crippen LogP contribution < -0.4 is 10.6 Å². The number of fused-ring (bicyclic) bond motifs is 1. The first-order valence-electron chi connectivity index (χ1n) is 7.50. The van der Waals surface area contributed by atoms with E-state index in [1.807, 2.05) is 0 Å². The van der Waals surface area contributed by atoms with Gasteiger partial charge in [0.05, 0.1) is 12.1 Å². The summed E-state index contributed by atoms with van der Waals surface area (Å²) >= 11 is 5.79. The zero-order chi connectivity index (χ0) is 18.7. The zero-order valence-electron chi connectivity index (χ0n) is 13.2. The molecule has 2 amide bonds. The molecule has 0 atom stereocenters. The van der Waals surface area contributed by atoms with Crippen LogP contribution >= 0.6 is 11.6 Å². The van der Waals surface area contributed by atoms with Crippen LogP contribution in [0.2, 0.25) is 5.02 Å². The van der Waals surface area contributed by atoms with Crippen molar-refractivity contribution < 1.29 is 18.0 Å². The Hall–Kier alpha value is -2.81. The van der Waals surface area contributed by atoms with Gasteiger partial charge in [-0.2, -0.15) is 13.2 Å². The minimum Gasteiger partial charge on any atom is -0.334 e. The quantitative estimate of drug-likeness (QED) is 0.725. The lowest BCUT2D eigenvalue weighted by atomic mass is 10.2. The van der Waals surface area contributed by atoms with Crippen LogP contribution in [0, 0.1) is 0 Å². The third-order valence-electron chi connectivity index (χ3n) is 3.58. The SMILES string of the molecule is O=C(NCc1ccc(Cl)cc1)NCc1nnc2cc(C(F)(F)F)ccn12. The van der Waals surface area contributed by atoms with Crippen LogP contribution in [0.1, 0.15) is 17.0 Å². The monoisotopic (exact) mass is 383 g/mol. The molecule has 26 heavy (non-hydrogen) atoms. The Morgan fingerprint density at radius 1 is 1.08 bits per heavy atom. The highest BCUT2D eigenvalue weighted by atomic mass is 35.5. The van der Waals surface area contributed by atoms with Crippen LogP contribution in [0.15, 0.2) is 42.6 Å². The van der Waals surface area contributed by atoms with Gasteiger partial charge in [-0.05, 0) is 29.8 Å². The number of alkyl halides is 3. The van der Waals surface area contributed by atoms with Crippen LogP contribution in [0.3, 0.4) is 0 Å². The second-order valence-electron chi connectivity index (χ2n) is 5.42. The lowest BCUT2D eigenvalue weighted by molar-refractivity contribution is -0.137. The van der Waals surface area contributed by atoms with Gasteiger partial charge in [0.25, 0.3) is 0 Å². The first kappa shape index (κ1) is 18.0. The molecule has 0 bridgehead atoms. The van der Waals surface area contributed by atoms with E-state index in [9.17, 15) is 18.0 Å². The average Bonchev–Trinajstić information content (AvgIpc) is 3.01. The molecule has 6 nitrogen and oxygen atoms in total. The number of benzene rings is 1. The van der Waals surface area contributed by atoms with E-state index in [1.165, 1.54) is 10.6 Å². The predicted molar refractivity (Wildman–Crippen MR) is 88.5 cm³/mol. The molecule has 0 radical (unpaired) electrons. The molecule has 2 aromatic heterocycles. The van der Waals surface area contributed by atoms with Gasteiger partial charge >= 0.3 is 12.2 Å². The van der Waals surface area contributed by atoms with Gasteiger partial charge in [0.2, 0.25) is 0 Å². The lowest BCUT2D eigenvalue weighted by Gasteiger charge is -2.08. The Kier molecular flexibility index (Phi) is 4.99. The van der Waals surface area contributed by atoms with Crippen molar-refractivity contribution in [2.75, 3.05) is 0 Å². The molecule has 2 heterocycles. The molecule has 0 aliphatic heterocycles. The van der Waals surface area contributed by atoms with Crippen LogP contribution in [0.5, 0.6) is 0 Å². The molecule has 0 saturated heterocycles. The molecule has 0 spiro atoms. The van der Waals surface area contributed by atoms with E-state index >= 15 is 0 Å². The van der Waals surface area contributed by atoms with Gasteiger partial charge in [-0.1, -0.05) is 23.7 Å². The molecule has 0 saturated carbocycles. The van der Waals surface area contributed by atoms with E-state index in [1.54, 1.807) is 24.3 Å². The summed E-state index contributed by atoms with van der Waals surface area (Å²) in [6.07, 6.45) is -3.23. The summed E-state index contributed by atoms with van der Waals surface area (Å²) in [5, 5.41) is 13.4. The molecule has 3 aromatic rings. The van der Waals surface area contributed by atoms with Crippen molar-refractivity contribution in [2.45, 2.75) is 19.3 Å². The number of rotatable bonds is 4. The second kappa shape index (κ2) is 7.20. The van der Waals surface area contributed by atoms with Gasteiger partial charge in [0.1, 0.15) is 0 Å². The van der Waals surface area contributed by atoms with Crippen LogP contribution in [-0.2, 0) is 19.3 Å². The highest BCUT2D eigenvalue weighted by molar-refractivity contribution is 6.30. The van der Waals surface area contributed by atoms with Crippen molar-refractivity contribution in [1.82, 2.24) is 25.2 Å². The number of nitrogens with zero attached hydrogens (tertiary/aromatic N) is 3. The fraction of sp³-hybridized carbons (Fsp3) is 0.188. The molecule has 1 aromatic carbocycles. The molecule has 2 N–H and O–H groups in total. The Labute approximate surface area is 151 Å². The van der Waals surface area contributed by atoms with Gasteiger partial charge in [-0.15, -0.1) is 10.2 Å². The molecule has 0 aliphatic rings. The number of aromatic nitrogens is 3. The van der Waals surface area contributed by atoms with E-state index in [2.05, 4.69) is 20.8 Å². The Balaban J connectivity index is 1.59. The summed E-state index contributed by atoms with van der Waals surface area (Å²) < 4.78 is 39.5. The molecule has 0 aliphatic carbocycles. The normalized spacial score (nSPS) is 11.5. The van der Waals surface area contributed by atoms with E-state index in [0.717, 1.165) is 17.7 Å². The van der Waals surface area contributed by atoms with Crippen LogP contribution in [-0.4, -0.2) is 20.6 Å². The average molecular weight is 384 g/mol. The largest absolute Gasteiger partial charge is 0.416 e. The van der Waals surface area contributed by atoms with Crippen molar-refractivity contribution in [3.63, 3.8) is 0 Å². The molecular formula is C16H13ClF3N5O. The van der Waals surface area contributed by atoms with Crippen molar-refractivity contribution in [3.05, 3.63) is 64.6 Å². The predicted octanol–water partition coefficient (Wildman–Crippen LogP) is 3.40. The smallest absolute Gasteiger partial charge is 0.334 e. The van der Waals surface area contributed by atoms with Gasteiger partial charge in [0, 0.05) is 17.8 Å². The second-order valence-corrected chi connectivity index (χ2v) is 5.86. The van der Waals surface area contributed by atoms with Gasteiger partial charge in [-0.3, -0.25) is 4.40 Å². The fourth-order valence-corrected chi connectivity index (χ4v) is 2.37. The summed E-state index contributed by atoms with van der Waals surface area (Å²) in [6.45, 7) is 0.317. The first-order valence-corrected chi connectivity index (χ1v) is 7.88. The standard InChI is InChI=1S/C16H13ClF3N5O/c17-12-3-1-10(2-4-12)8-21-15(26)22-9-14-24-23-13-7-11(16(18,19)20)5-6-25(13)14/h1-7H,8-9H2,(H2,21,22,26). The van der Waals surface area contributed by atoms with Crippen molar-refractivity contribution in [2.24, 2.45) is 0 Å². The maximum atomic E-state index is 12.7. The molecule has 0 unspecified atom stereocenters. The minimum absolute atomic E-state index is 0.0129.